The fourth-order valence-electron chi connectivity index (χ4n) is 4.96. The summed E-state index contributed by atoms with van der Waals surface area (Å²) in [7, 11) is 0. The minimum atomic E-state index is -0.187. The fourth-order valence-corrected chi connectivity index (χ4v) is 4.96. The maximum Gasteiger partial charge on any atom is 0.188 e. The zero-order chi connectivity index (χ0) is 29.6. The number of hydrogen-bond donors (Lipinski definition) is 2. The van der Waals surface area contributed by atoms with Crippen LogP contribution in [0.4, 0.5) is 17.1 Å². The summed E-state index contributed by atoms with van der Waals surface area (Å²) in [5.41, 5.74) is 3.48. The number of ketones is 1. The molecule has 0 bridgehead atoms. The van der Waals surface area contributed by atoms with E-state index >= 15 is 0 Å². The Hall–Kier alpha value is -4.06. The molecule has 1 aliphatic rings. The SMILES string of the molecule is CCCCCCCOc1ccc(N=C2C=CC(=O)c3c(Nc4ccc(OCCCCCCC)cc4)ccc(O)c32)cc1. The molecule has 4 rings (SSSR count). The summed E-state index contributed by atoms with van der Waals surface area (Å²) >= 11 is 0. The molecule has 0 amide bonds. The molecule has 0 unspecified atom stereocenters. The van der Waals surface area contributed by atoms with Crippen LogP contribution in [0.5, 0.6) is 17.2 Å². The van der Waals surface area contributed by atoms with E-state index in [0.717, 1.165) is 30.0 Å². The van der Waals surface area contributed by atoms with Crippen LogP contribution in [-0.2, 0) is 0 Å². The van der Waals surface area contributed by atoms with Crippen molar-refractivity contribution in [2.45, 2.75) is 78.1 Å². The Morgan fingerprint density at radius 1 is 0.667 bits per heavy atom. The standard InChI is InChI=1S/C36H44N2O4/c1-3-5-7-9-11-25-41-29-17-13-27(14-18-29)37-31-21-23-34(40)36-32(22-24-33(39)35(31)36)38-28-15-19-30(20-16-28)42-26-12-10-8-6-4-2/h13-24,37,40H,3-12,25-26H2,1-2H3. The van der Waals surface area contributed by atoms with Crippen LogP contribution in [0, 0.1) is 0 Å². The van der Waals surface area contributed by atoms with E-state index in [9.17, 15) is 9.90 Å². The average molecular weight is 569 g/mol. The third-order valence-electron chi connectivity index (χ3n) is 7.33. The van der Waals surface area contributed by atoms with Gasteiger partial charge in [0.1, 0.15) is 17.2 Å². The first-order valence-electron chi connectivity index (χ1n) is 15.5. The lowest BCUT2D eigenvalue weighted by atomic mass is 9.91. The molecule has 0 spiro atoms. The van der Waals surface area contributed by atoms with Crippen LogP contribution in [0.3, 0.4) is 0 Å². The third kappa shape index (κ3) is 8.97. The van der Waals surface area contributed by atoms with Gasteiger partial charge in [-0.15, -0.1) is 0 Å². The van der Waals surface area contributed by atoms with E-state index in [1.54, 1.807) is 18.2 Å². The van der Waals surface area contributed by atoms with Gasteiger partial charge in [-0.2, -0.15) is 0 Å². The number of nitrogens with zero attached hydrogens (tertiary/aromatic N) is 1. The highest BCUT2D eigenvalue weighted by Crippen LogP contribution is 2.35. The predicted octanol–water partition coefficient (Wildman–Crippen LogP) is 9.71. The minimum absolute atomic E-state index is 0.0118. The molecule has 0 aliphatic heterocycles. The summed E-state index contributed by atoms with van der Waals surface area (Å²) in [4.78, 5) is 17.8. The molecule has 6 nitrogen and oxygen atoms in total. The quantitative estimate of drug-likeness (QED) is 0.125. The molecule has 0 radical (unpaired) electrons. The van der Waals surface area contributed by atoms with Gasteiger partial charge in [0.15, 0.2) is 5.78 Å². The first-order chi connectivity index (χ1) is 20.6. The summed E-state index contributed by atoms with van der Waals surface area (Å²) in [6, 6.07) is 18.6. The number of benzene rings is 3. The zero-order valence-corrected chi connectivity index (χ0v) is 25.0. The summed E-state index contributed by atoms with van der Waals surface area (Å²) in [5, 5.41) is 14.1. The lowest BCUT2D eigenvalue weighted by Gasteiger charge is -2.19. The number of rotatable bonds is 17. The molecule has 0 saturated carbocycles. The van der Waals surface area contributed by atoms with Crippen LogP contribution in [0.25, 0.3) is 0 Å². The number of unbranched alkanes of at least 4 members (excludes halogenated alkanes) is 8. The van der Waals surface area contributed by atoms with Crippen molar-refractivity contribution >= 4 is 28.6 Å². The summed E-state index contributed by atoms with van der Waals surface area (Å²) in [5.74, 6) is 1.45. The first kappa shape index (κ1) is 30.9. The first-order valence-corrected chi connectivity index (χ1v) is 15.5. The molecule has 0 fully saturated rings. The topological polar surface area (TPSA) is 80.2 Å². The smallest absolute Gasteiger partial charge is 0.188 e. The lowest BCUT2D eigenvalue weighted by molar-refractivity contribution is 0.104. The van der Waals surface area contributed by atoms with Crippen molar-refractivity contribution in [1.82, 2.24) is 0 Å². The number of hydrogen-bond acceptors (Lipinski definition) is 6. The molecule has 0 aromatic heterocycles. The largest absolute Gasteiger partial charge is 0.507 e. The van der Waals surface area contributed by atoms with Crippen molar-refractivity contribution in [1.29, 1.82) is 0 Å². The van der Waals surface area contributed by atoms with Crippen LogP contribution in [0.15, 0.2) is 77.8 Å². The third-order valence-corrected chi connectivity index (χ3v) is 7.33. The van der Waals surface area contributed by atoms with Crippen LogP contribution in [-0.4, -0.2) is 29.8 Å². The molecular weight excluding hydrogens is 524 g/mol. The van der Waals surface area contributed by atoms with Gasteiger partial charge in [-0.25, -0.2) is 4.99 Å². The second kappa shape index (κ2) is 16.4. The zero-order valence-electron chi connectivity index (χ0n) is 25.0. The van der Waals surface area contributed by atoms with Crippen molar-refractivity contribution in [2.24, 2.45) is 4.99 Å². The van der Waals surface area contributed by atoms with Gasteiger partial charge in [0, 0.05) is 5.69 Å². The van der Waals surface area contributed by atoms with Gasteiger partial charge in [-0.1, -0.05) is 65.2 Å². The van der Waals surface area contributed by atoms with E-state index in [1.165, 1.54) is 57.4 Å². The second-order valence-electron chi connectivity index (χ2n) is 10.7. The maximum absolute atomic E-state index is 13.0. The van der Waals surface area contributed by atoms with Crippen molar-refractivity contribution in [3.05, 3.63) is 83.9 Å². The van der Waals surface area contributed by atoms with Crippen molar-refractivity contribution in [3.8, 4) is 17.2 Å². The van der Waals surface area contributed by atoms with Crippen molar-refractivity contribution in [3.63, 3.8) is 0 Å². The van der Waals surface area contributed by atoms with E-state index in [-0.39, 0.29) is 11.5 Å². The summed E-state index contributed by atoms with van der Waals surface area (Å²) in [6.07, 6.45) is 15.1. The molecule has 2 N–H and O–H groups in total. The highest BCUT2D eigenvalue weighted by atomic mass is 16.5. The highest BCUT2D eigenvalue weighted by Gasteiger charge is 2.25. The number of aromatic hydroxyl groups is 1. The van der Waals surface area contributed by atoms with Gasteiger partial charge in [0.05, 0.1) is 41.4 Å². The number of ether oxygens (including phenoxy) is 2. The Morgan fingerprint density at radius 2 is 1.24 bits per heavy atom. The summed E-state index contributed by atoms with van der Waals surface area (Å²) < 4.78 is 11.8. The number of phenolic OH excluding ortho intramolecular Hbond substituents is 1. The van der Waals surface area contributed by atoms with Crippen LogP contribution in [0.1, 0.15) is 94.0 Å². The van der Waals surface area contributed by atoms with Gasteiger partial charge < -0.3 is 19.9 Å². The monoisotopic (exact) mass is 568 g/mol. The van der Waals surface area contributed by atoms with Crippen molar-refractivity contribution in [2.75, 3.05) is 18.5 Å². The number of carbonyl (C=O) groups is 1. The van der Waals surface area contributed by atoms with Crippen molar-refractivity contribution < 1.29 is 19.4 Å². The predicted molar refractivity (Wildman–Crippen MR) is 172 cm³/mol. The van der Waals surface area contributed by atoms with E-state index in [0.29, 0.717) is 41.4 Å². The van der Waals surface area contributed by atoms with Crippen LogP contribution in [0.2, 0.25) is 0 Å². The van der Waals surface area contributed by atoms with Crippen LogP contribution >= 0.6 is 0 Å². The number of allylic oxidation sites excluding steroid dienone is 2. The minimum Gasteiger partial charge on any atom is -0.507 e. The van der Waals surface area contributed by atoms with Gasteiger partial charge in [0.2, 0.25) is 0 Å². The number of fused-ring (bicyclic) bond motifs is 1. The lowest BCUT2D eigenvalue weighted by Crippen LogP contribution is -2.15. The van der Waals surface area contributed by atoms with Gasteiger partial charge in [-0.3, -0.25) is 4.79 Å². The van der Waals surface area contributed by atoms with Gasteiger partial charge >= 0.3 is 0 Å². The Labute approximate surface area is 250 Å². The van der Waals surface area contributed by atoms with E-state index in [2.05, 4.69) is 19.2 Å². The Kier molecular flexibility index (Phi) is 12.1. The van der Waals surface area contributed by atoms with Gasteiger partial charge in [-0.05, 0) is 85.7 Å². The molecule has 0 saturated heterocycles. The van der Waals surface area contributed by atoms with E-state index in [1.807, 2.05) is 48.5 Å². The number of carbonyl (C=O) groups excluding carboxylic acids is 1. The Balaban J connectivity index is 1.42. The molecule has 6 heteroatoms. The summed E-state index contributed by atoms with van der Waals surface area (Å²) in [6.45, 7) is 5.84. The maximum atomic E-state index is 13.0. The highest BCUT2D eigenvalue weighted by molar-refractivity contribution is 6.27. The molecule has 222 valence electrons. The molecule has 42 heavy (non-hydrogen) atoms. The molecule has 3 aromatic rings. The number of nitrogens with one attached hydrogen (secondary N) is 1. The number of phenols is 1. The Morgan fingerprint density at radius 3 is 1.83 bits per heavy atom. The van der Waals surface area contributed by atoms with Gasteiger partial charge in [0.25, 0.3) is 0 Å². The Bertz CT molecular complexity index is 1340. The molecule has 3 aromatic carbocycles. The average Bonchev–Trinajstić information content (AvgIpc) is 3.01. The van der Waals surface area contributed by atoms with E-state index in [4.69, 9.17) is 14.5 Å². The molecule has 1 aliphatic carbocycles. The molecule has 0 heterocycles. The number of aliphatic imine (C=N–C) groups is 1. The second-order valence-corrected chi connectivity index (χ2v) is 10.7. The van der Waals surface area contributed by atoms with Crippen LogP contribution < -0.4 is 14.8 Å². The fraction of sp³-hybridized carbons (Fsp3) is 0.389. The normalized spacial score (nSPS) is 13.3. The van der Waals surface area contributed by atoms with E-state index < -0.39 is 0 Å². The number of anilines is 2. The molecular formula is C36H44N2O4. The molecule has 0 atom stereocenters.